The topological polar surface area (TPSA) is 105 Å². The number of nitrogens with zero attached hydrogens (tertiary/aromatic N) is 8. The van der Waals surface area contributed by atoms with Crippen LogP contribution in [0.25, 0.3) is 11.2 Å². The summed E-state index contributed by atoms with van der Waals surface area (Å²) in [6, 6.07) is 11.5. The molecule has 42 heavy (non-hydrogen) atoms. The van der Waals surface area contributed by atoms with E-state index >= 15 is 0 Å². The Morgan fingerprint density at radius 3 is 2.69 bits per heavy atom. The molecule has 12 heteroatoms. The Balaban J connectivity index is 1.06. The number of carbonyl (C=O) groups is 1. The standard InChI is InChI=1S/C30H30FN9O2/c1-19-12-21(5-6-26(19)42-23-7-10-39-27(14-23)32-17-34-39)36-29-28-24(8-11-40(28)35-18-33-29)20-15-38(16-20)30(41)25(31)13-22-4-3-9-37(22)2/h5-8,10-14,17-18,20,22H,3-4,9,15-16H2,1-2H3,(H,33,35,36). The van der Waals surface area contributed by atoms with Gasteiger partial charge in [-0.25, -0.2) is 23.4 Å². The van der Waals surface area contributed by atoms with Crippen LogP contribution in [0.5, 0.6) is 11.5 Å². The number of rotatable bonds is 7. The molecule has 4 aromatic heterocycles. The molecule has 11 nitrogen and oxygen atoms in total. The third kappa shape index (κ3) is 4.83. The zero-order valence-corrected chi connectivity index (χ0v) is 23.3. The van der Waals surface area contributed by atoms with Crippen LogP contribution in [-0.4, -0.2) is 77.6 Å². The highest BCUT2D eigenvalue weighted by Crippen LogP contribution is 2.35. The van der Waals surface area contributed by atoms with Gasteiger partial charge in [0.2, 0.25) is 0 Å². The Bertz CT molecular complexity index is 1820. The second kappa shape index (κ2) is 10.5. The molecule has 5 aromatic rings. The summed E-state index contributed by atoms with van der Waals surface area (Å²) < 4.78 is 24.3. The Hall–Kier alpha value is -4.84. The molecule has 6 heterocycles. The number of nitrogens with one attached hydrogen (secondary N) is 1. The van der Waals surface area contributed by atoms with Crippen molar-refractivity contribution in [3.63, 3.8) is 0 Å². The average molecular weight is 568 g/mol. The number of amides is 1. The molecule has 2 aliphatic rings. The Morgan fingerprint density at radius 2 is 1.88 bits per heavy atom. The lowest BCUT2D eigenvalue weighted by Crippen LogP contribution is -2.48. The van der Waals surface area contributed by atoms with Crippen molar-refractivity contribution in [1.29, 1.82) is 0 Å². The minimum Gasteiger partial charge on any atom is -0.457 e. The van der Waals surface area contributed by atoms with Gasteiger partial charge >= 0.3 is 0 Å². The highest BCUT2D eigenvalue weighted by atomic mass is 19.1. The fourth-order valence-corrected chi connectivity index (χ4v) is 5.74. The molecule has 0 radical (unpaired) electrons. The van der Waals surface area contributed by atoms with Crippen LogP contribution in [0.1, 0.15) is 29.9 Å². The molecule has 2 saturated heterocycles. The zero-order chi connectivity index (χ0) is 28.8. The summed E-state index contributed by atoms with van der Waals surface area (Å²) in [5.41, 5.74) is 4.33. The average Bonchev–Trinajstić information content (AvgIpc) is 3.70. The summed E-state index contributed by atoms with van der Waals surface area (Å²) in [6.45, 7) is 3.79. The number of benzene rings is 1. The Kier molecular flexibility index (Phi) is 6.54. The van der Waals surface area contributed by atoms with Gasteiger partial charge in [0.1, 0.15) is 29.7 Å². The summed E-state index contributed by atoms with van der Waals surface area (Å²) in [5.74, 6) is 0.901. The molecule has 0 bridgehead atoms. The fraction of sp³-hybridized carbons (Fsp3) is 0.300. The highest BCUT2D eigenvalue weighted by Gasteiger charge is 2.36. The maximum Gasteiger partial charge on any atom is 0.282 e. The maximum atomic E-state index is 14.7. The quantitative estimate of drug-likeness (QED) is 0.287. The largest absolute Gasteiger partial charge is 0.457 e. The van der Waals surface area contributed by atoms with E-state index in [2.05, 4.69) is 30.4 Å². The first kappa shape index (κ1) is 26.1. The van der Waals surface area contributed by atoms with E-state index in [-0.39, 0.29) is 12.0 Å². The van der Waals surface area contributed by atoms with Gasteiger partial charge in [-0.05, 0) is 80.9 Å². The van der Waals surface area contributed by atoms with Crippen LogP contribution in [0.4, 0.5) is 15.9 Å². The molecule has 1 atom stereocenters. The second-order valence-electron chi connectivity index (χ2n) is 10.9. The van der Waals surface area contributed by atoms with Crippen molar-refractivity contribution in [3.8, 4) is 11.5 Å². The number of aromatic nitrogens is 6. The summed E-state index contributed by atoms with van der Waals surface area (Å²) in [7, 11) is 1.96. The lowest BCUT2D eigenvalue weighted by Gasteiger charge is -2.39. The summed E-state index contributed by atoms with van der Waals surface area (Å²) >= 11 is 0. The van der Waals surface area contributed by atoms with E-state index in [1.54, 1.807) is 20.1 Å². The van der Waals surface area contributed by atoms with Crippen LogP contribution in [0.3, 0.4) is 0 Å². The first-order valence-electron chi connectivity index (χ1n) is 14.0. The fourth-order valence-electron chi connectivity index (χ4n) is 5.74. The predicted molar refractivity (Wildman–Crippen MR) is 155 cm³/mol. The van der Waals surface area contributed by atoms with Crippen molar-refractivity contribution in [2.45, 2.75) is 31.7 Å². The Labute approximate surface area is 241 Å². The zero-order valence-electron chi connectivity index (χ0n) is 23.3. The SMILES string of the molecule is Cc1cc(Nc2ncnn3ccc(C4CN(C(=O)C(F)=CC5CCCN5C)C4)c23)ccc1Oc1ccn2ncnc2c1. The molecule has 7 rings (SSSR count). The highest BCUT2D eigenvalue weighted by molar-refractivity contribution is 5.92. The molecular formula is C30H30FN9O2. The van der Waals surface area contributed by atoms with Crippen LogP contribution >= 0.6 is 0 Å². The lowest BCUT2D eigenvalue weighted by molar-refractivity contribution is -0.133. The molecule has 1 unspecified atom stereocenters. The Morgan fingerprint density at radius 1 is 1.07 bits per heavy atom. The van der Waals surface area contributed by atoms with Gasteiger partial charge in [-0.3, -0.25) is 9.69 Å². The number of hydrogen-bond acceptors (Lipinski definition) is 8. The van der Waals surface area contributed by atoms with Crippen molar-refractivity contribution >= 4 is 28.6 Å². The van der Waals surface area contributed by atoms with E-state index in [0.717, 1.165) is 47.5 Å². The molecule has 214 valence electrons. The number of halogens is 1. The summed E-state index contributed by atoms with van der Waals surface area (Å²) in [5, 5.41) is 11.9. The van der Waals surface area contributed by atoms with E-state index in [1.165, 1.54) is 18.7 Å². The van der Waals surface area contributed by atoms with Gasteiger partial charge in [-0.2, -0.15) is 10.2 Å². The van der Waals surface area contributed by atoms with Crippen LogP contribution in [0.15, 0.2) is 73.3 Å². The van der Waals surface area contributed by atoms with Crippen molar-refractivity contribution in [3.05, 3.63) is 84.5 Å². The molecular weight excluding hydrogens is 537 g/mol. The summed E-state index contributed by atoms with van der Waals surface area (Å²) in [6.07, 6.45) is 10.1. The number of aryl methyl sites for hydroxylation is 1. The van der Waals surface area contributed by atoms with Gasteiger partial charge in [0, 0.05) is 49.2 Å². The van der Waals surface area contributed by atoms with Gasteiger partial charge in [-0.15, -0.1) is 0 Å². The first-order valence-corrected chi connectivity index (χ1v) is 14.0. The van der Waals surface area contributed by atoms with Crippen molar-refractivity contribution < 1.29 is 13.9 Å². The van der Waals surface area contributed by atoms with Crippen LogP contribution in [0.2, 0.25) is 0 Å². The second-order valence-corrected chi connectivity index (χ2v) is 10.9. The van der Waals surface area contributed by atoms with Gasteiger partial charge in [-0.1, -0.05) is 0 Å². The van der Waals surface area contributed by atoms with Crippen molar-refractivity contribution in [1.82, 2.24) is 39.0 Å². The van der Waals surface area contributed by atoms with Crippen LogP contribution in [0, 0.1) is 6.92 Å². The first-order chi connectivity index (χ1) is 20.4. The van der Waals surface area contributed by atoms with Gasteiger partial charge in [0.05, 0.1) is 0 Å². The van der Waals surface area contributed by atoms with E-state index in [1.807, 2.05) is 56.6 Å². The normalized spacial score (nSPS) is 18.1. The molecule has 0 saturated carbocycles. The maximum absolute atomic E-state index is 14.7. The number of pyridine rings is 1. The molecule has 0 spiro atoms. The molecule has 1 aromatic carbocycles. The number of fused-ring (bicyclic) bond motifs is 2. The predicted octanol–water partition coefficient (Wildman–Crippen LogP) is 4.49. The molecule has 1 N–H and O–H groups in total. The number of carbonyl (C=O) groups excluding carboxylic acids is 1. The summed E-state index contributed by atoms with van der Waals surface area (Å²) in [4.78, 5) is 25.1. The van der Waals surface area contributed by atoms with Gasteiger partial charge < -0.3 is 15.0 Å². The van der Waals surface area contributed by atoms with Crippen molar-refractivity contribution in [2.75, 3.05) is 32.0 Å². The van der Waals surface area contributed by atoms with E-state index in [4.69, 9.17) is 4.74 Å². The van der Waals surface area contributed by atoms with Crippen LogP contribution in [-0.2, 0) is 4.79 Å². The monoisotopic (exact) mass is 567 g/mol. The van der Waals surface area contributed by atoms with E-state index in [9.17, 15) is 9.18 Å². The number of likely N-dealkylation sites (N-methyl/N-ethyl adjacent to an activating group) is 1. The number of ether oxygens (including phenoxy) is 1. The van der Waals surface area contributed by atoms with Gasteiger partial charge in [0.25, 0.3) is 5.91 Å². The van der Waals surface area contributed by atoms with Gasteiger partial charge in [0.15, 0.2) is 17.3 Å². The van der Waals surface area contributed by atoms with Crippen molar-refractivity contribution in [2.24, 2.45) is 0 Å². The number of hydrogen-bond donors (Lipinski definition) is 1. The number of likely N-dealkylation sites (tertiary alicyclic amines) is 2. The molecule has 2 fully saturated rings. The third-order valence-electron chi connectivity index (χ3n) is 8.13. The molecule has 0 aliphatic carbocycles. The number of anilines is 2. The smallest absolute Gasteiger partial charge is 0.282 e. The van der Waals surface area contributed by atoms with Crippen LogP contribution < -0.4 is 10.1 Å². The van der Waals surface area contributed by atoms with E-state index in [0.29, 0.717) is 30.3 Å². The molecule has 1 amide bonds. The lowest BCUT2D eigenvalue weighted by atomic mass is 9.92. The van der Waals surface area contributed by atoms with E-state index < -0.39 is 11.7 Å². The molecule has 2 aliphatic heterocycles. The minimum absolute atomic E-state index is 0.0133. The minimum atomic E-state index is -0.665. The third-order valence-corrected chi connectivity index (χ3v) is 8.13.